The molecule has 1 heterocycles. The highest BCUT2D eigenvalue weighted by atomic mass is 16.1. The van der Waals surface area contributed by atoms with Crippen LogP contribution >= 0.6 is 0 Å². The minimum atomic E-state index is -0.218. The van der Waals surface area contributed by atoms with Crippen LogP contribution in [-0.4, -0.2) is 15.6 Å². The van der Waals surface area contributed by atoms with Gasteiger partial charge in [-0.3, -0.25) is 4.79 Å². The summed E-state index contributed by atoms with van der Waals surface area (Å²) in [6.45, 7) is 3.43. The molecule has 4 heteroatoms. The van der Waals surface area contributed by atoms with Crippen LogP contribution in [0.3, 0.4) is 0 Å². The maximum absolute atomic E-state index is 11.9. The van der Waals surface area contributed by atoms with Crippen molar-refractivity contribution in [2.24, 2.45) is 0 Å². The average molecular weight is 301 g/mol. The Balaban J connectivity index is 2.33. The lowest BCUT2D eigenvalue weighted by Crippen LogP contribution is -2.00. The molecule has 2 aromatic carbocycles. The van der Waals surface area contributed by atoms with E-state index in [-0.39, 0.29) is 11.5 Å². The molecule has 3 aromatic rings. The van der Waals surface area contributed by atoms with Crippen LogP contribution in [0.15, 0.2) is 54.6 Å². The van der Waals surface area contributed by atoms with E-state index in [1.54, 1.807) is 4.68 Å². The van der Waals surface area contributed by atoms with Crippen LogP contribution in [-0.2, 0) is 0 Å². The first-order valence-corrected chi connectivity index (χ1v) is 7.28. The van der Waals surface area contributed by atoms with Gasteiger partial charge in [-0.25, -0.2) is 4.68 Å². The monoisotopic (exact) mass is 301 g/mol. The van der Waals surface area contributed by atoms with E-state index < -0.39 is 0 Å². The number of benzene rings is 2. The molecule has 0 aliphatic rings. The smallest absolute Gasteiger partial charge is 0.181 e. The molecule has 0 aliphatic heterocycles. The van der Waals surface area contributed by atoms with Gasteiger partial charge in [0.05, 0.1) is 11.4 Å². The van der Waals surface area contributed by atoms with Crippen molar-refractivity contribution < 1.29 is 4.79 Å². The van der Waals surface area contributed by atoms with Gasteiger partial charge in [-0.2, -0.15) is 10.4 Å². The summed E-state index contributed by atoms with van der Waals surface area (Å²) in [6, 6.07) is 19.5. The number of aryl methyl sites for hydroxylation is 1. The van der Waals surface area contributed by atoms with Crippen LogP contribution in [0.5, 0.6) is 0 Å². The fourth-order valence-corrected chi connectivity index (χ4v) is 2.50. The first-order valence-electron chi connectivity index (χ1n) is 7.28. The summed E-state index contributed by atoms with van der Waals surface area (Å²) >= 11 is 0. The third-order valence-electron chi connectivity index (χ3n) is 3.66. The molecule has 1 aromatic heterocycles. The molecule has 0 bridgehead atoms. The number of rotatable bonds is 3. The lowest BCUT2D eigenvalue weighted by Gasteiger charge is -2.08. The number of para-hydroxylation sites is 1. The van der Waals surface area contributed by atoms with Crippen LogP contribution in [0.2, 0.25) is 0 Å². The lowest BCUT2D eigenvalue weighted by atomic mass is 10.0. The SMILES string of the molecule is CC(=O)c1nn(-c2ccccc2)c(-c2ccc(C)cc2)c1C#N. The van der Waals surface area contributed by atoms with Gasteiger partial charge in [-0.15, -0.1) is 0 Å². The summed E-state index contributed by atoms with van der Waals surface area (Å²) in [5.41, 5.74) is 3.95. The Morgan fingerprint density at radius 1 is 1.09 bits per heavy atom. The van der Waals surface area contributed by atoms with Crippen molar-refractivity contribution in [3.8, 4) is 23.0 Å². The molecule has 0 fully saturated rings. The minimum Gasteiger partial charge on any atom is -0.293 e. The predicted molar refractivity (Wildman–Crippen MR) is 88.5 cm³/mol. The van der Waals surface area contributed by atoms with Gasteiger partial charge < -0.3 is 0 Å². The second-order valence-corrected chi connectivity index (χ2v) is 5.35. The molecule has 4 nitrogen and oxygen atoms in total. The Hall–Kier alpha value is -3.19. The summed E-state index contributed by atoms with van der Waals surface area (Å²) in [4.78, 5) is 11.9. The molecule has 0 N–H and O–H groups in total. The first kappa shape index (κ1) is 14.7. The normalized spacial score (nSPS) is 10.3. The Labute approximate surface area is 134 Å². The zero-order valence-electron chi connectivity index (χ0n) is 12.9. The van der Waals surface area contributed by atoms with Crippen LogP contribution in [0.4, 0.5) is 0 Å². The van der Waals surface area contributed by atoms with Crippen molar-refractivity contribution in [2.45, 2.75) is 13.8 Å². The summed E-state index contributed by atoms with van der Waals surface area (Å²) in [6.07, 6.45) is 0. The number of nitrogens with zero attached hydrogens (tertiary/aromatic N) is 3. The first-order chi connectivity index (χ1) is 11.1. The molecule has 0 aliphatic carbocycles. The number of ketones is 1. The number of carbonyl (C=O) groups excluding carboxylic acids is 1. The molecule has 0 saturated heterocycles. The summed E-state index contributed by atoms with van der Waals surface area (Å²) in [5.74, 6) is -0.218. The van der Waals surface area contributed by atoms with E-state index in [0.29, 0.717) is 11.3 Å². The molecule has 3 rings (SSSR count). The molecule has 0 amide bonds. The Morgan fingerprint density at radius 3 is 2.30 bits per heavy atom. The molecule has 0 saturated carbocycles. The molecular formula is C19H15N3O. The largest absolute Gasteiger partial charge is 0.293 e. The Kier molecular flexibility index (Phi) is 3.78. The van der Waals surface area contributed by atoms with E-state index in [9.17, 15) is 10.1 Å². The fourth-order valence-electron chi connectivity index (χ4n) is 2.50. The van der Waals surface area contributed by atoms with Gasteiger partial charge >= 0.3 is 0 Å². The number of hydrogen-bond acceptors (Lipinski definition) is 3. The summed E-state index contributed by atoms with van der Waals surface area (Å²) in [7, 11) is 0. The highest BCUT2D eigenvalue weighted by molar-refractivity contribution is 5.97. The van der Waals surface area contributed by atoms with Gasteiger partial charge in [0.2, 0.25) is 0 Å². The van der Waals surface area contributed by atoms with Gasteiger partial charge in [-0.05, 0) is 19.1 Å². The predicted octanol–water partition coefficient (Wildman–Crippen LogP) is 3.92. The van der Waals surface area contributed by atoms with Crippen molar-refractivity contribution >= 4 is 5.78 Å². The minimum absolute atomic E-state index is 0.201. The topological polar surface area (TPSA) is 58.7 Å². The third kappa shape index (κ3) is 2.65. The van der Waals surface area contributed by atoms with E-state index in [1.165, 1.54) is 6.92 Å². The molecule has 23 heavy (non-hydrogen) atoms. The zero-order chi connectivity index (χ0) is 16.4. The van der Waals surface area contributed by atoms with Crippen LogP contribution in [0, 0.1) is 18.3 Å². The number of hydrogen-bond donors (Lipinski definition) is 0. The van der Waals surface area contributed by atoms with Crippen LogP contribution < -0.4 is 0 Å². The lowest BCUT2D eigenvalue weighted by molar-refractivity contribution is 0.101. The number of aromatic nitrogens is 2. The highest BCUT2D eigenvalue weighted by Gasteiger charge is 2.22. The highest BCUT2D eigenvalue weighted by Crippen LogP contribution is 2.29. The number of Topliss-reactive ketones (excluding diaryl/α,β-unsaturated/α-hetero) is 1. The van der Waals surface area contributed by atoms with Gasteiger partial charge in [0, 0.05) is 12.5 Å². The van der Waals surface area contributed by atoms with Crippen LogP contribution in [0.25, 0.3) is 16.9 Å². The van der Waals surface area contributed by atoms with Crippen molar-refractivity contribution in [3.63, 3.8) is 0 Å². The average Bonchev–Trinajstić information content (AvgIpc) is 2.96. The molecule has 0 spiro atoms. The summed E-state index contributed by atoms with van der Waals surface area (Å²) in [5, 5.41) is 14.0. The molecule has 0 atom stereocenters. The van der Waals surface area contributed by atoms with Gasteiger partial charge in [0.15, 0.2) is 5.78 Å². The van der Waals surface area contributed by atoms with E-state index in [1.807, 2.05) is 61.5 Å². The quantitative estimate of drug-likeness (QED) is 0.689. The van der Waals surface area contributed by atoms with Crippen molar-refractivity contribution in [1.82, 2.24) is 9.78 Å². The number of carbonyl (C=O) groups is 1. The van der Waals surface area contributed by atoms with Gasteiger partial charge in [0.25, 0.3) is 0 Å². The standard InChI is InChI=1S/C19H15N3O/c1-13-8-10-15(11-9-13)19-17(12-20)18(14(2)23)21-22(19)16-6-4-3-5-7-16/h3-11H,1-2H3. The maximum Gasteiger partial charge on any atom is 0.181 e. The van der Waals surface area contributed by atoms with Crippen LogP contribution in [0.1, 0.15) is 28.5 Å². The van der Waals surface area contributed by atoms with Gasteiger partial charge in [-0.1, -0.05) is 48.0 Å². The molecule has 0 unspecified atom stereocenters. The van der Waals surface area contributed by atoms with Crippen molar-refractivity contribution in [2.75, 3.05) is 0 Å². The Bertz CT molecular complexity index is 900. The fraction of sp³-hybridized carbons (Fsp3) is 0.105. The molecule has 0 radical (unpaired) electrons. The molecular weight excluding hydrogens is 286 g/mol. The third-order valence-corrected chi connectivity index (χ3v) is 3.66. The number of nitriles is 1. The maximum atomic E-state index is 11.9. The van der Waals surface area contributed by atoms with E-state index in [0.717, 1.165) is 16.8 Å². The molecule has 112 valence electrons. The summed E-state index contributed by atoms with van der Waals surface area (Å²) < 4.78 is 1.67. The van der Waals surface area contributed by atoms with Crippen molar-refractivity contribution in [3.05, 3.63) is 71.4 Å². The van der Waals surface area contributed by atoms with Gasteiger partial charge in [0.1, 0.15) is 17.3 Å². The van der Waals surface area contributed by atoms with E-state index in [2.05, 4.69) is 11.2 Å². The zero-order valence-corrected chi connectivity index (χ0v) is 12.9. The second kappa shape index (κ2) is 5.90. The van der Waals surface area contributed by atoms with Crippen molar-refractivity contribution in [1.29, 1.82) is 5.26 Å². The second-order valence-electron chi connectivity index (χ2n) is 5.35. The Morgan fingerprint density at radius 2 is 1.74 bits per heavy atom. The van der Waals surface area contributed by atoms with E-state index in [4.69, 9.17) is 0 Å². The van der Waals surface area contributed by atoms with E-state index >= 15 is 0 Å².